The summed E-state index contributed by atoms with van der Waals surface area (Å²) in [5, 5.41) is 14.1. The minimum absolute atomic E-state index is 0.0386. The number of benzene rings is 2. The Bertz CT molecular complexity index is 639. The van der Waals surface area contributed by atoms with Crippen LogP contribution in [0.3, 0.4) is 0 Å². The zero-order valence-electron chi connectivity index (χ0n) is 12.5. The highest BCUT2D eigenvalue weighted by Crippen LogP contribution is 2.47. The van der Waals surface area contributed by atoms with Gasteiger partial charge in [0.2, 0.25) is 0 Å². The third-order valence-corrected chi connectivity index (χ3v) is 4.18. The van der Waals surface area contributed by atoms with Gasteiger partial charge in [-0.2, -0.15) is 0 Å². The van der Waals surface area contributed by atoms with Gasteiger partial charge in [-0.25, -0.2) is 0 Å². The molecule has 3 heteroatoms. The number of nitrogens with one attached hydrogen (secondary N) is 1. The predicted molar refractivity (Wildman–Crippen MR) is 83.9 cm³/mol. The molecule has 0 saturated carbocycles. The summed E-state index contributed by atoms with van der Waals surface area (Å²) >= 11 is 0. The van der Waals surface area contributed by atoms with Gasteiger partial charge in [0, 0.05) is 17.0 Å². The molecule has 2 aromatic rings. The topological polar surface area (TPSA) is 41.5 Å². The lowest BCUT2D eigenvalue weighted by Crippen LogP contribution is -2.17. The predicted octanol–water partition coefficient (Wildman–Crippen LogP) is 3.53. The van der Waals surface area contributed by atoms with Gasteiger partial charge in [-0.05, 0) is 38.6 Å². The Kier molecular flexibility index (Phi) is 3.95. The van der Waals surface area contributed by atoms with Crippen molar-refractivity contribution < 1.29 is 9.84 Å². The summed E-state index contributed by atoms with van der Waals surface area (Å²) in [5.74, 6) is 1.69. The van der Waals surface area contributed by atoms with E-state index in [0.717, 1.165) is 41.2 Å². The second-order valence-electron chi connectivity index (χ2n) is 5.58. The fourth-order valence-electron chi connectivity index (χ4n) is 3.04. The van der Waals surface area contributed by atoms with Crippen LogP contribution in [0.4, 0.5) is 0 Å². The standard InChI is InChI=1S/C18H21NO2/c1-12-6-5-8-15-17(20)14(10-11-19-2)13-7-3-4-9-16(13)21-18(12)15/h3-9,14,17,19-20H,10-11H2,1-2H3. The van der Waals surface area contributed by atoms with Gasteiger partial charge < -0.3 is 15.2 Å². The molecule has 1 heterocycles. The molecule has 3 rings (SSSR count). The fraction of sp³-hybridized carbons (Fsp3) is 0.333. The third kappa shape index (κ3) is 2.55. The van der Waals surface area contributed by atoms with E-state index < -0.39 is 6.10 Å². The first kappa shape index (κ1) is 14.1. The lowest BCUT2D eigenvalue weighted by molar-refractivity contribution is 0.141. The second-order valence-corrected chi connectivity index (χ2v) is 5.58. The monoisotopic (exact) mass is 283 g/mol. The Balaban J connectivity index is 2.13. The number of ether oxygens (including phenoxy) is 1. The third-order valence-electron chi connectivity index (χ3n) is 4.18. The zero-order valence-corrected chi connectivity index (χ0v) is 12.5. The van der Waals surface area contributed by atoms with Gasteiger partial charge in [0.25, 0.3) is 0 Å². The van der Waals surface area contributed by atoms with E-state index in [0.29, 0.717) is 0 Å². The first-order chi connectivity index (χ1) is 10.2. The Morgan fingerprint density at radius 1 is 1.10 bits per heavy atom. The van der Waals surface area contributed by atoms with Gasteiger partial charge in [-0.15, -0.1) is 0 Å². The van der Waals surface area contributed by atoms with Gasteiger partial charge in [0.1, 0.15) is 11.5 Å². The van der Waals surface area contributed by atoms with Crippen molar-refractivity contribution in [2.45, 2.75) is 25.4 Å². The van der Waals surface area contributed by atoms with Gasteiger partial charge in [-0.3, -0.25) is 0 Å². The van der Waals surface area contributed by atoms with E-state index in [9.17, 15) is 5.11 Å². The summed E-state index contributed by atoms with van der Waals surface area (Å²) < 4.78 is 6.13. The van der Waals surface area contributed by atoms with E-state index in [-0.39, 0.29) is 5.92 Å². The highest BCUT2D eigenvalue weighted by molar-refractivity contribution is 5.51. The number of para-hydroxylation sites is 2. The fourth-order valence-corrected chi connectivity index (χ4v) is 3.04. The van der Waals surface area contributed by atoms with Crippen molar-refractivity contribution >= 4 is 0 Å². The van der Waals surface area contributed by atoms with Crippen LogP contribution in [0.5, 0.6) is 11.5 Å². The van der Waals surface area contributed by atoms with Crippen LogP contribution in [0.25, 0.3) is 0 Å². The molecule has 0 spiro atoms. The second kappa shape index (κ2) is 5.88. The molecule has 3 nitrogen and oxygen atoms in total. The highest BCUT2D eigenvalue weighted by Gasteiger charge is 2.31. The number of rotatable bonds is 3. The Labute approximate surface area is 125 Å². The Morgan fingerprint density at radius 3 is 2.67 bits per heavy atom. The normalized spacial score (nSPS) is 20.1. The number of fused-ring (bicyclic) bond motifs is 2. The lowest BCUT2D eigenvalue weighted by Gasteiger charge is -2.22. The van der Waals surface area contributed by atoms with Gasteiger partial charge >= 0.3 is 0 Å². The molecule has 0 aliphatic carbocycles. The van der Waals surface area contributed by atoms with Crippen molar-refractivity contribution in [1.29, 1.82) is 0 Å². The van der Waals surface area contributed by atoms with Crippen molar-refractivity contribution in [3.05, 3.63) is 59.2 Å². The number of hydrogen-bond donors (Lipinski definition) is 2. The summed E-state index contributed by atoms with van der Waals surface area (Å²) in [4.78, 5) is 0. The van der Waals surface area contributed by atoms with Crippen molar-refractivity contribution in [3.8, 4) is 11.5 Å². The number of hydrogen-bond acceptors (Lipinski definition) is 3. The van der Waals surface area contributed by atoms with Gasteiger partial charge in [-0.1, -0.05) is 36.4 Å². The first-order valence-electron chi connectivity index (χ1n) is 7.41. The smallest absolute Gasteiger partial charge is 0.136 e. The summed E-state index contributed by atoms with van der Waals surface area (Å²) in [6.07, 6.45) is 0.322. The van der Waals surface area contributed by atoms with Crippen LogP contribution in [0.2, 0.25) is 0 Å². The molecule has 21 heavy (non-hydrogen) atoms. The van der Waals surface area contributed by atoms with Crippen molar-refractivity contribution in [1.82, 2.24) is 5.32 Å². The number of aliphatic hydroxyl groups excluding tert-OH is 1. The molecule has 0 bridgehead atoms. The Morgan fingerprint density at radius 2 is 1.86 bits per heavy atom. The molecule has 2 atom stereocenters. The van der Waals surface area contributed by atoms with E-state index in [1.54, 1.807) is 0 Å². The van der Waals surface area contributed by atoms with Crippen LogP contribution in [0, 0.1) is 6.92 Å². The Hall–Kier alpha value is -1.84. The SMILES string of the molecule is CNCCC1c2ccccc2Oc2c(C)cccc2C1O. The average molecular weight is 283 g/mol. The van der Waals surface area contributed by atoms with Crippen molar-refractivity contribution in [2.24, 2.45) is 0 Å². The van der Waals surface area contributed by atoms with Crippen LogP contribution >= 0.6 is 0 Å². The molecular weight excluding hydrogens is 262 g/mol. The first-order valence-corrected chi connectivity index (χ1v) is 7.41. The molecule has 2 unspecified atom stereocenters. The molecule has 0 radical (unpaired) electrons. The molecule has 1 aliphatic heterocycles. The molecule has 2 aromatic carbocycles. The molecule has 0 fully saturated rings. The summed E-state index contributed by atoms with van der Waals surface area (Å²) in [5.41, 5.74) is 3.01. The number of aryl methyl sites for hydroxylation is 1. The molecule has 0 saturated heterocycles. The zero-order chi connectivity index (χ0) is 14.8. The summed E-state index contributed by atoms with van der Waals surface area (Å²) in [6.45, 7) is 2.87. The van der Waals surface area contributed by atoms with Crippen LogP contribution in [-0.2, 0) is 0 Å². The van der Waals surface area contributed by atoms with Crippen LogP contribution in [-0.4, -0.2) is 18.7 Å². The molecule has 0 amide bonds. The maximum atomic E-state index is 10.9. The maximum Gasteiger partial charge on any atom is 0.136 e. The van der Waals surface area contributed by atoms with Crippen LogP contribution in [0.1, 0.15) is 35.1 Å². The molecule has 110 valence electrons. The van der Waals surface area contributed by atoms with E-state index in [4.69, 9.17) is 4.74 Å². The minimum Gasteiger partial charge on any atom is -0.456 e. The van der Waals surface area contributed by atoms with Crippen molar-refractivity contribution in [2.75, 3.05) is 13.6 Å². The lowest BCUT2D eigenvalue weighted by atomic mass is 9.86. The largest absolute Gasteiger partial charge is 0.456 e. The van der Waals surface area contributed by atoms with Crippen LogP contribution < -0.4 is 10.1 Å². The van der Waals surface area contributed by atoms with E-state index in [2.05, 4.69) is 11.4 Å². The molecular formula is C18H21NO2. The van der Waals surface area contributed by atoms with E-state index in [1.165, 1.54) is 0 Å². The van der Waals surface area contributed by atoms with E-state index in [1.807, 2.05) is 50.4 Å². The summed E-state index contributed by atoms with van der Waals surface area (Å²) in [7, 11) is 1.93. The highest BCUT2D eigenvalue weighted by atomic mass is 16.5. The minimum atomic E-state index is -0.545. The van der Waals surface area contributed by atoms with Gasteiger partial charge in [0.05, 0.1) is 6.10 Å². The molecule has 1 aliphatic rings. The van der Waals surface area contributed by atoms with E-state index >= 15 is 0 Å². The average Bonchev–Trinajstić information content (AvgIpc) is 2.62. The van der Waals surface area contributed by atoms with Crippen molar-refractivity contribution in [3.63, 3.8) is 0 Å². The number of aliphatic hydroxyl groups is 1. The maximum absolute atomic E-state index is 10.9. The molecule has 0 aromatic heterocycles. The molecule has 2 N–H and O–H groups in total. The van der Waals surface area contributed by atoms with Gasteiger partial charge in [0.15, 0.2) is 0 Å². The summed E-state index contributed by atoms with van der Waals surface area (Å²) in [6, 6.07) is 14.0. The van der Waals surface area contributed by atoms with Crippen LogP contribution in [0.15, 0.2) is 42.5 Å². The quantitative estimate of drug-likeness (QED) is 0.905.